The van der Waals surface area contributed by atoms with E-state index >= 15 is 0 Å². The van der Waals surface area contributed by atoms with Crippen LogP contribution in [0.15, 0.2) is 48.5 Å². The van der Waals surface area contributed by atoms with Gasteiger partial charge < -0.3 is 14.4 Å². The number of hydrogen-bond donors (Lipinski definition) is 0. The third kappa shape index (κ3) is 4.75. The van der Waals surface area contributed by atoms with E-state index in [9.17, 15) is 4.79 Å². The molecule has 2 rings (SSSR count). The minimum Gasteiger partial charge on any atom is -0.493 e. The van der Waals surface area contributed by atoms with Crippen molar-refractivity contribution < 1.29 is 14.3 Å². The molecule has 128 valence electrons. The van der Waals surface area contributed by atoms with Crippen molar-refractivity contribution in [1.29, 1.82) is 0 Å². The van der Waals surface area contributed by atoms with Crippen LogP contribution in [0.25, 0.3) is 0 Å². The predicted molar refractivity (Wildman–Crippen MR) is 95.4 cm³/mol. The third-order valence-electron chi connectivity index (χ3n) is 4.03. The van der Waals surface area contributed by atoms with E-state index in [1.807, 2.05) is 60.4 Å². The second kappa shape index (κ2) is 8.96. The highest BCUT2D eigenvalue weighted by molar-refractivity contribution is 5.76. The average Bonchev–Trinajstić information content (AvgIpc) is 2.64. The molecular formula is C20H25NO3. The van der Waals surface area contributed by atoms with Crippen LogP contribution in [-0.2, 0) is 17.8 Å². The van der Waals surface area contributed by atoms with E-state index in [1.54, 1.807) is 14.2 Å². The molecule has 0 aliphatic rings. The van der Waals surface area contributed by atoms with E-state index in [0.29, 0.717) is 37.4 Å². The molecule has 0 fully saturated rings. The van der Waals surface area contributed by atoms with Crippen molar-refractivity contribution in [3.8, 4) is 11.5 Å². The zero-order valence-electron chi connectivity index (χ0n) is 14.6. The van der Waals surface area contributed by atoms with E-state index in [-0.39, 0.29) is 5.91 Å². The quantitative estimate of drug-likeness (QED) is 0.742. The Morgan fingerprint density at radius 1 is 0.958 bits per heavy atom. The van der Waals surface area contributed by atoms with Gasteiger partial charge in [0.05, 0.1) is 14.2 Å². The van der Waals surface area contributed by atoms with Gasteiger partial charge >= 0.3 is 0 Å². The Balaban J connectivity index is 1.96. The molecule has 0 aliphatic carbocycles. The molecule has 2 aromatic rings. The van der Waals surface area contributed by atoms with Crippen LogP contribution in [-0.4, -0.2) is 31.6 Å². The lowest BCUT2D eigenvalue weighted by atomic mass is 10.1. The smallest absolute Gasteiger partial charge is 0.223 e. The Morgan fingerprint density at radius 3 is 2.29 bits per heavy atom. The Morgan fingerprint density at radius 2 is 1.67 bits per heavy atom. The molecule has 0 bridgehead atoms. The van der Waals surface area contributed by atoms with Gasteiger partial charge in [0.1, 0.15) is 0 Å². The Labute approximate surface area is 144 Å². The fraction of sp³-hybridized carbons (Fsp3) is 0.350. The third-order valence-corrected chi connectivity index (χ3v) is 4.03. The number of ether oxygens (including phenoxy) is 2. The summed E-state index contributed by atoms with van der Waals surface area (Å²) >= 11 is 0. The zero-order chi connectivity index (χ0) is 17.4. The highest BCUT2D eigenvalue weighted by Crippen LogP contribution is 2.28. The van der Waals surface area contributed by atoms with Gasteiger partial charge in [-0.3, -0.25) is 4.79 Å². The largest absolute Gasteiger partial charge is 0.493 e. The van der Waals surface area contributed by atoms with Crippen molar-refractivity contribution in [3.63, 3.8) is 0 Å². The van der Waals surface area contributed by atoms with Gasteiger partial charge in [-0.25, -0.2) is 0 Å². The maximum absolute atomic E-state index is 12.5. The summed E-state index contributed by atoms with van der Waals surface area (Å²) in [4.78, 5) is 14.4. The van der Waals surface area contributed by atoms with Gasteiger partial charge in [0.15, 0.2) is 11.5 Å². The summed E-state index contributed by atoms with van der Waals surface area (Å²) in [6.07, 6.45) is 1.17. The maximum atomic E-state index is 12.5. The molecule has 0 spiro atoms. The summed E-state index contributed by atoms with van der Waals surface area (Å²) in [5.74, 6) is 1.56. The molecule has 1 amide bonds. The second-order valence-corrected chi connectivity index (χ2v) is 5.58. The summed E-state index contributed by atoms with van der Waals surface area (Å²) in [6.45, 7) is 3.37. The van der Waals surface area contributed by atoms with Crippen molar-refractivity contribution in [2.24, 2.45) is 0 Å². The Hall–Kier alpha value is -2.49. The van der Waals surface area contributed by atoms with Gasteiger partial charge in [-0.2, -0.15) is 0 Å². The first kappa shape index (κ1) is 17.9. The van der Waals surface area contributed by atoms with Crippen molar-refractivity contribution >= 4 is 5.91 Å². The number of carbonyl (C=O) groups excluding carboxylic acids is 1. The monoisotopic (exact) mass is 327 g/mol. The first-order chi connectivity index (χ1) is 11.7. The average molecular weight is 327 g/mol. The standard InChI is InChI=1S/C20H25NO3/c1-4-21(15-17-8-6-5-7-9-17)20(22)13-11-16-10-12-18(23-2)19(14-16)24-3/h5-10,12,14H,4,11,13,15H2,1-3H3. The molecular weight excluding hydrogens is 302 g/mol. The van der Waals surface area contributed by atoms with Gasteiger partial charge in [-0.05, 0) is 36.6 Å². The van der Waals surface area contributed by atoms with E-state index in [2.05, 4.69) is 0 Å². The number of rotatable bonds is 8. The fourth-order valence-corrected chi connectivity index (χ4v) is 2.63. The van der Waals surface area contributed by atoms with Crippen LogP contribution < -0.4 is 9.47 Å². The van der Waals surface area contributed by atoms with Crippen LogP contribution in [0.2, 0.25) is 0 Å². The molecule has 24 heavy (non-hydrogen) atoms. The Bertz CT molecular complexity index is 655. The lowest BCUT2D eigenvalue weighted by Crippen LogP contribution is -2.30. The zero-order valence-corrected chi connectivity index (χ0v) is 14.6. The van der Waals surface area contributed by atoms with Gasteiger partial charge in [-0.1, -0.05) is 36.4 Å². The lowest BCUT2D eigenvalue weighted by molar-refractivity contribution is -0.131. The molecule has 0 heterocycles. The highest BCUT2D eigenvalue weighted by atomic mass is 16.5. The van der Waals surface area contributed by atoms with Crippen molar-refractivity contribution in [1.82, 2.24) is 4.90 Å². The topological polar surface area (TPSA) is 38.8 Å². The van der Waals surface area contributed by atoms with Crippen LogP contribution in [0.5, 0.6) is 11.5 Å². The van der Waals surface area contributed by atoms with Gasteiger partial charge in [0.2, 0.25) is 5.91 Å². The lowest BCUT2D eigenvalue weighted by Gasteiger charge is -2.21. The number of carbonyl (C=O) groups is 1. The molecule has 0 aliphatic heterocycles. The Kier molecular flexibility index (Phi) is 6.67. The minimum absolute atomic E-state index is 0.163. The molecule has 0 saturated heterocycles. The fourth-order valence-electron chi connectivity index (χ4n) is 2.63. The SMILES string of the molecule is CCN(Cc1ccccc1)C(=O)CCc1ccc(OC)c(OC)c1. The number of hydrogen-bond acceptors (Lipinski definition) is 3. The molecule has 0 atom stereocenters. The van der Waals surface area contributed by atoms with Crippen LogP contribution in [0.1, 0.15) is 24.5 Å². The van der Waals surface area contributed by atoms with Crippen LogP contribution >= 0.6 is 0 Å². The minimum atomic E-state index is 0.163. The number of methoxy groups -OCH3 is 2. The predicted octanol–water partition coefficient (Wildman–Crippen LogP) is 3.69. The number of aryl methyl sites for hydroxylation is 1. The normalized spacial score (nSPS) is 10.3. The van der Waals surface area contributed by atoms with Crippen LogP contribution in [0.4, 0.5) is 0 Å². The van der Waals surface area contributed by atoms with Crippen LogP contribution in [0, 0.1) is 0 Å². The van der Waals surface area contributed by atoms with E-state index in [1.165, 1.54) is 0 Å². The van der Waals surface area contributed by atoms with Crippen LogP contribution in [0.3, 0.4) is 0 Å². The number of amides is 1. The first-order valence-corrected chi connectivity index (χ1v) is 8.20. The molecule has 0 N–H and O–H groups in total. The maximum Gasteiger partial charge on any atom is 0.223 e. The number of benzene rings is 2. The van der Waals surface area contributed by atoms with Crippen molar-refractivity contribution in [3.05, 3.63) is 59.7 Å². The van der Waals surface area contributed by atoms with Gasteiger partial charge in [0, 0.05) is 19.5 Å². The number of nitrogens with zero attached hydrogens (tertiary/aromatic N) is 1. The molecule has 4 heteroatoms. The summed E-state index contributed by atoms with van der Waals surface area (Å²) < 4.78 is 10.5. The van der Waals surface area contributed by atoms with Gasteiger partial charge in [-0.15, -0.1) is 0 Å². The summed E-state index contributed by atoms with van der Waals surface area (Å²) in [6, 6.07) is 15.9. The molecule has 0 unspecified atom stereocenters. The summed E-state index contributed by atoms with van der Waals surface area (Å²) in [7, 11) is 3.23. The molecule has 0 saturated carbocycles. The van der Waals surface area contributed by atoms with E-state index in [0.717, 1.165) is 11.1 Å². The molecule has 4 nitrogen and oxygen atoms in total. The molecule has 0 radical (unpaired) electrons. The van der Waals surface area contributed by atoms with Crippen molar-refractivity contribution in [2.45, 2.75) is 26.3 Å². The van der Waals surface area contributed by atoms with E-state index in [4.69, 9.17) is 9.47 Å². The molecule has 0 aromatic heterocycles. The van der Waals surface area contributed by atoms with E-state index < -0.39 is 0 Å². The van der Waals surface area contributed by atoms with Gasteiger partial charge in [0.25, 0.3) is 0 Å². The second-order valence-electron chi connectivity index (χ2n) is 5.58. The molecule has 2 aromatic carbocycles. The first-order valence-electron chi connectivity index (χ1n) is 8.20. The summed E-state index contributed by atoms with van der Waals surface area (Å²) in [5, 5.41) is 0. The highest BCUT2D eigenvalue weighted by Gasteiger charge is 2.13. The summed E-state index contributed by atoms with van der Waals surface area (Å²) in [5.41, 5.74) is 2.22. The van der Waals surface area contributed by atoms with Crippen molar-refractivity contribution in [2.75, 3.05) is 20.8 Å².